The maximum atomic E-state index is 13.4. The molecule has 0 radical (unpaired) electrons. The first-order valence-corrected chi connectivity index (χ1v) is 7.96. The van der Waals surface area contributed by atoms with Crippen LogP contribution >= 0.6 is 0 Å². The summed E-state index contributed by atoms with van der Waals surface area (Å²) in [6, 6.07) is 2.25. The van der Waals surface area contributed by atoms with Crippen LogP contribution in [-0.4, -0.2) is 26.9 Å². The molecule has 0 aliphatic carbocycles. The van der Waals surface area contributed by atoms with E-state index in [0.717, 1.165) is 6.07 Å². The number of nitrogen functional groups attached to an aromatic ring is 1. The molecule has 1 rings (SSSR count). The maximum Gasteiger partial charge on any atom is 0.240 e. The molecule has 0 aliphatic rings. The molecule has 21 heavy (non-hydrogen) atoms. The highest BCUT2D eigenvalue weighted by molar-refractivity contribution is 7.89. The number of hydrogen-bond acceptors (Lipinski definition) is 4. The number of nitrogens with two attached hydrogens (primary N) is 1. The van der Waals surface area contributed by atoms with Gasteiger partial charge in [-0.2, -0.15) is 0 Å². The number of rotatable bonds is 6. The molecule has 0 unspecified atom stereocenters. The standard InChI is InChI=1S/C13H20FN3O3S/c1-8(2)17-12(18)4-5-16-21(19,20)10-6-9(3)13(14)11(15)7-10/h6-8,16H,4-5,15H2,1-3H3,(H,17,18). The lowest BCUT2D eigenvalue weighted by atomic mass is 10.2. The molecule has 0 heterocycles. The van der Waals surface area contributed by atoms with Crippen LogP contribution in [0.5, 0.6) is 0 Å². The van der Waals surface area contributed by atoms with Gasteiger partial charge in [-0.25, -0.2) is 17.5 Å². The van der Waals surface area contributed by atoms with Crippen LogP contribution in [0.2, 0.25) is 0 Å². The SMILES string of the molecule is Cc1cc(S(=O)(=O)NCCC(=O)NC(C)C)cc(N)c1F. The summed E-state index contributed by atoms with van der Waals surface area (Å²) < 4.78 is 39.7. The number of carbonyl (C=O) groups excluding carboxylic acids is 1. The molecule has 0 aromatic heterocycles. The molecule has 0 saturated carbocycles. The third-order valence-corrected chi connectivity index (χ3v) is 4.10. The van der Waals surface area contributed by atoms with Crippen molar-refractivity contribution in [3.8, 4) is 0 Å². The van der Waals surface area contributed by atoms with Gasteiger partial charge in [0.1, 0.15) is 5.82 Å². The Morgan fingerprint density at radius 2 is 2.00 bits per heavy atom. The molecule has 1 aromatic carbocycles. The summed E-state index contributed by atoms with van der Waals surface area (Å²) in [5.74, 6) is -0.882. The number of carbonyl (C=O) groups is 1. The van der Waals surface area contributed by atoms with Crippen LogP contribution in [0.4, 0.5) is 10.1 Å². The smallest absolute Gasteiger partial charge is 0.240 e. The van der Waals surface area contributed by atoms with Crippen LogP contribution in [0.3, 0.4) is 0 Å². The van der Waals surface area contributed by atoms with E-state index in [1.165, 1.54) is 13.0 Å². The maximum absolute atomic E-state index is 13.4. The van der Waals surface area contributed by atoms with Gasteiger partial charge in [-0.1, -0.05) is 0 Å². The normalized spacial score (nSPS) is 11.7. The molecular weight excluding hydrogens is 297 g/mol. The molecule has 118 valence electrons. The zero-order valence-corrected chi connectivity index (χ0v) is 13.1. The molecule has 0 spiro atoms. The first-order chi connectivity index (χ1) is 9.63. The van der Waals surface area contributed by atoms with E-state index >= 15 is 0 Å². The fraction of sp³-hybridized carbons (Fsp3) is 0.462. The van der Waals surface area contributed by atoms with Gasteiger partial charge in [0.15, 0.2) is 0 Å². The predicted octanol–water partition coefficient (Wildman–Crippen LogP) is 0.909. The molecule has 0 atom stereocenters. The third-order valence-electron chi connectivity index (χ3n) is 2.66. The van der Waals surface area contributed by atoms with Crippen molar-refractivity contribution in [2.24, 2.45) is 0 Å². The summed E-state index contributed by atoms with van der Waals surface area (Å²) in [4.78, 5) is 11.3. The van der Waals surface area contributed by atoms with Gasteiger partial charge < -0.3 is 11.1 Å². The van der Waals surface area contributed by atoms with Gasteiger partial charge in [0.25, 0.3) is 0 Å². The van der Waals surface area contributed by atoms with Crippen molar-refractivity contribution in [1.29, 1.82) is 0 Å². The second-order valence-corrected chi connectivity index (χ2v) is 6.78. The summed E-state index contributed by atoms with van der Waals surface area (Å²) in [7, 11) is -3.82. The highest BCUT2D eigenvalue weighted by Crippen LogP contribution is 2.20. The highest BCUT2D eigenvalue weighted by atomic mass is 32.2. The fourth-order valence-corrected chi connectivity index (χ4v) is 2.85. The van der Waals surface area contributed by atoms with Crippen molar-refractivity contribution in [3.05, 3.63) is 23.5 Å². The molecule has 0 saturated heterocycles. The van der Waals surface area contributed by atoms with Crippen molar-refractivity contribution < 1.29 is 17.6 Å². The van der Waals surface area contributed by atoms with Gasteiger partial charge >= 0.3 is 0 Å². The van der Waals surface area contributed by atoms with Crippen molar-refractivity contribution in [2.45, 2.75) is 38.1 Å². The average molecular weight is 317 g/mol. The Bertz CT molecular complexity index is 607. The van der Waals surface area contributed by atoms with E-state index < -0.39 is 15.8 Å². The Morgan fingerprint density at radius 3 is 2.52 bits per heavy atom. The molecule has 0 aliphatic heterocycles. The Balaban J connectivity index is 2.72. The number of amides is 1. The number of halogens is 1. The second-order valence-electron chi connectivity index (χ2n) is 5.01. The summed E-state index contributed by atoms with van der Waals surface area (Å²) in [5.41, 5.74) is 5.34. The Kier molecular flexibility index (Phi) is 5.68. The van der Waals surface area contributed by atoms with Crippen LogP contribution in [0.25, 0.3) is 0 Å². The number of benzene rings is 1. The van der Waals surface area contributed by atoms with Crippen LogP contribution in [0, 0.1) is 12.7 Å². The van der Waals surface area contributed by atoms with Crippen LogP contribution in [-0.2, 0) is 14.8 Å². The lowest BCUT2D eigenvalue weighted by Crippen LogP contribution is -2.34. The summed E-state index contributed by atoms with van der Waals surface area (Å²) in [5, 5.41) is 2.65. The average Bonchev–Trinajstić information content (AvgIpc) is 2.34. The molecule has 8 heteroatoms. The lowest BCUT2D eigenvalue weighted by molar-refractivity contribution is -0.121. The van der Waals surface area contributed by atoms with Crippen molar-refractivity contribution in [2.75, 3.05) is 12.3 Å². The van der Waals surface area contributed by atoms with E-state index in [-0.39, 0.29) is 41.1 Å². The minimum atomic E-state index is -3.82. The van der Waals surface area contributed by atoms with Crippen LogP contribution in [0.1, 0.15) is 25.8 Å². The summed E-state index contributed by atoms with van der Waals surface area (Å²) in [6.45, 7) is 5.01. The summed E-state index contributed by atoms with van der Waals surface area (Å²) in [6.07, 6.45) is 0.0209. The number of nitrogens with one attached hydrogen (secondary N) is 2. The zero-order chi connectivity index (χ0) is 16.2. The van der Waals surface area contributed by atoms with E-state index in [2.05, 4.69) is 10.0 Å². The van der Waals surface area contributed by atoms with Gasteiger partial charge in [-0.15, -0.1) is 0 Å². The lowest BCUT2D eigenvalue weighted by Gasteiger charge is -2.10. The Labute approximate surface area is 124 Å². The van der Waals surface area contributed by atoms with Crippen LogP contribution in [0.15, 0.2) is 17.0 Å². The monoisotopic (exact) mass is 317 g/mol. The number of anilines is 1. The van der Waals surface area contributed by atoms with Gasteiger partial charge in [-0.3, -0.25) is 4.79 Å². The first-order valence-electron chi connectivity index (χ1n) is 6.48. The molecule has 6 nitrogen and oxygen atoms in total. The van der Waals surface area contributed by atoms with Crippen molar-refractivity contribution >= 4 is 21.6 Å². The number of sulfonamides is 1. The quantitative estimate of drug-likeness (QED) is 0.679. The van der Waals surface area contributed by atoms with Gasteiger partial charge in [0, 0.05) is 19.0 Å². The Morgan fingerprint density at radius 1 is 1.38 bits per heavy atom. The highest BCUT2D eigenvalue weighted by Gasteiger charge is 2.17. The predicted molar refractivity (Wildman–Crippen MR) is 78.6 cm³/mol. The van der Waals surface area contributed by atoms with Gasteiger partial charge in [-0.05, 0) is 38.5 Å². The van der Waals surface area contributed by atoms with Gasteiger partial charge in [0.2, 0.25) is 15.9 Å². The second kappa shape index (κ2) is 6.86. The van der Waals surface area contributed by atoms with E-state index in [1.54, 1.807) is 0 Å². The van der Waals surface area contributed by atoms with Crippen LogP contribution < -0.4 is 15.8 Å². The van der Waals surface area contributed by atoms with Crippen molar-refractivity contribution in [3.63, 3.8) is 0 Å². The van der Waals surface area contributed by atoms with E-state index in [1.807, 2.05) is 13.8 Å². The molecule has 4 N–H and O–H groups in total. The Hall–Kier alpha value is -1.67. The first kappa shape index (κ1) is 17.4. The largest absolute Gasteiger partial charge is 0.396 e. The molecule has 0 fully saturated rings. The number of hydrogen-bond donors (Lipinski definition) is 3. The zero-order valence-electron chi connectivity index (χ0n) is 12.2. The van der Waals surface area contributed by atoms with E-state index in [4.69, 9.17) is 5.73 Å². The number of aryl methyl sites for hydroxylation is 1. The topological polar surface area (TPSA) is 101 Å². The minimum absolute atomic E-state index is 0.00588. The molecule has 1 aromatic rings. The fourth-order valence-electron chi connectivity index (χ4n) is 1.69. The van der Waals surface area contributed by atoms with E-state index in [0.29, 0.717) is 0 Å². The molecule has 1 amide bonds. The summed E-state index contributed by atoms with van der Waals surface area (Å²) >= 11 is 0. The van der Waals surface area contributed by atoms with Gasteiger partial charge in [0.05, 0.1) is 10.6 Å². The molecule has 0 bridgehead atoms. The third kappa shape index (κ3) is 4.98. The molecular formula is C13H20FN3O3S. The van der Waals surface area contributed by atoms with Crippen molar-refractivity contribution in [1.82, 2.24) is 10.0 Å². The minimum Gasteiger partial charge on any atom is -0.396 e. The van der Waals surface area contributed by atoms with E-state index in [9.17, 15) is 17.6 Å².